The highest BCUT2D eigenvalue weighted by atomic mass is 16.5. The van der Waals surface area contributed by atoms with Gasteiger partial charge in [-0.2, -0.15) is 0 Å². The lowest BCUT2D eigenvalue weighted by Crippen LogP contribution is -2.32. The van der Waals surface area contributed by atoms with E-state index in [1.807, 2.05) is 30.3 Å². The maximum absolute atomic E-state index is 11.5. The highest BCUT2D eigenvalue weighted by Gasteiger charge is 2.18. The summed E-state index contributed by atoms with van der Waals surface area (Å²) in [6, 6.07) is 13.1. The molecule has 0 aromatic heterocycles. The number of hydrogen-bond acceptors (Lipinski definition) is 5. The first-order chi connectivity index (χ1) is 10.7. The van der Waals surface area contributed by atoms with Gasteiger partial charge in [-0.25, -0.2) is 4.79 Å². The molecule has 1 aliphatic heterocycles. The van der Waals surface area contributed by atoms with Crippen LogP contribution in [0.15, 0.2) is 42.5 Å². The second-order valence-electron chi connectivity index (χ2n) is 5.19. The molecule has 3 rings (SSSR count). The fourth-order valence-electron chi connectivity index (χ4n) is 2.54. The molecule has 5 nitrogen and oxygen atoms in total. The number of anilines is 2. The molecule has 0 spiro atoms. The average molecular weight is 298 g/mol. The summed E-state index contributed by atoms with van der Waals surface area (Å²) in [7, 11) is 1.38. The van der Waals surface area contributed by atoms with Crippen molar-refractivity contribution in [3.8, 4) is 5.75 Å². The van der Waals surface area contributed by atoms with Crippen LogP contribution in [0.2, 0.25) is 0 Å². The van der Waals surface area contributed by atoms with Crippen LogP contribution in [0.5, 0.6) is 5.75 Å². The normalized spacial score (nSPS) is 13.2. The van der Waals surface area contributed by atoms with Gasteiger partial charge >= 0.3 is 5.97 Å². The molecule has 22 heavy (non-hydrogen) atoms. The van der Waals surface area contributed by atoms with Gasteiger partial charge in [-0.3, -0.25) is 0 Å². The predicted molar refractivity (Wildman–Crippen MR) is 85.2 cm³/mol. The molecular formula is C17H18N2O3. The zero-order chi connectivity index (χ0) is 15.5. The van der Waals surface area contributed by atoms with Gasteiger partial charge in [0.25, 0.3) is 0 Å². The largest absolute Gasteiger partial charge is 0.490 e. The Morgan fingerprint density at radius 2 is 2.05 bits per heavy atom. The van der Waals surface area contributed by atoms with Crippen molar-refractivity contribution >= 4 is 17.3 Å². The standard InChI is InChI=1S/C17H18N2O3/c1-21-17(20)13-4-2-12(3-5-13)11-19-8-9-22-16-7-6-14(18)10-15(16)19/h2-7,10H,8-9,11,18H2,1H3. The summed E-state index contributed by atoms with van der Waals surface area (Å²) in [6.45, 7) is 2.19. The number of carbonyl (C=O) groups excluding carboxylic acids is 1. The molecule has 0 radical (unpaired) electrons. The number of ether oxygens (including phenoxy) is 2. The maximum Gasteiger partial charge on any atom is 0.337 e. The van der Waals surface area contributed by atoms with Crippen molar-refractivity contribution in [3.63, 3.8) is 0 Å². The fraction of sp³-hybridized carbons (Fsp3) is 0.235. The maximum atomic E-state index is 11.5. The highest BCUT2D eigenvalue weighted by molar-refractivity contribution is 5.89. The Bertz CT molecular complexity index is 683. The van der Waals surface area contributed by atoms with E-state index in [-0.39, 0.29) is 5.97 Å². The predicted octanol–water partition coefficient (Wildman–Crippen LogP) is 2.45. The quantitative estimate of drug-likeness (QED) is 0.696. The molecule has 114 valence electrons. The van der Waals surface area contributed by atoms with Crippen LogP contribution in [-0.2, 0) is 11.3 Å². The minimum absolute atomic E-state index is 0.323. The number of methoxy groups -OCH3 is 1. The van der Waals surface area contributed by atoms with Gasteiger partial charge in [0.05, 0.1) is 24.9 Å². The first-order valence-electron chi connectivity index (χ1n) is 7.12. The highest BCUT2D eigenvalue weighted by Crippen LogP contribution is 2.34. The second kappa shape index (κ2) is 5.97. The first-order valence-corrected chi connectivity index (χ1v) is 7.12. The number of nitrogen functional groups attached to an aromatic ring is 1. The summed E-state index contributed by atoms with van der Waals surface area (Å²) < 4.78 is 10.4. The van der Waals surface area contributed by atoms with E-state index in [1.54, 1.807) is 12.1 Å². The van der Waals surface area contributed by atoms with Crippen molar-refractivity contribution < 1.29 is 14.3 Å². The molecule has 0 amide bonds. The van der Waals surface area contributed by atoms with Crippen molar-refractivity contribution in [1.29, 1.82) is 0 Å². The lowest BCUT2D eigenvalue weighted by Gasteiger charge is -2.31. The summed E-state index contributed by atoms with van der Waals surface area (Å²) in [4.78, 5) is 13.7. The SMILES string of the molecule is COC(=O)c1ccc(CN2CCOc3ccc(N)cc32)cc1. The number of hydrogen-bond donors (Lipinski definition) is 1. The summed E-state index contributed by atoms with van der Waals surface area (Å²) in [5.41, 5.74) is 9.26. The Balaban J connectivity index is 1.80. The van der Waals surface area contributed by atoms with Crippen LogP contribution in [0.25, 0.3) is 0 Å². The first kappa shape index (κ1) is 14.3. The number of fused-ring (bicyclic) bond motifs is 1. The molecule has 2 aromatic carbocycles. The number of nitrogens with two attached hydrogens (primary N) is 1. The summed E-state index contributed by atoms with van der Waals surface area (Å²) in [5, 5.41) is 0. The van der Waals surface area contributed by atoms with E-state index in [4.69, 9.17) is 15.2 Å². The van der Waals surface area contributed by atoms with E-state index < -0.39 is 0 Å². The Labute approximate surface area is 129 Å². The van der Waals surface area contributed by atoms with Gasteiger partial charge in [0.2, 0.25) is 0 Å². The van der Waals surface area contributed by atoms with E-state index in [0.29, 0.717) is 12.2 Å². The van der Waals surface area contributed by atoms with Crippen LogP contribution in [-0.4, -0.2) is 26.2 Å². The fourth-order valence-corrected chi connectivity index (χ4v) is 2.54. The molecule has 0 fully saturated rings. The Hall–Kier alpha value is -2.69. The van der Waals surface area contributed by atoms with Gasteiger partial charge in [0.15, 0.2) is 0 Å². The third-order valence-electron chi connectivity index (χ3n) is 3.69. The van der Waals surface area contributed by atoms with E-state index in [9.17, 15) is 4.79 Å². The minimum Gasteiger partial charge on any atom is -0.490 e. The number of carbonyl (C=O) groups is 1. The van der Waals surface area contributed by atoms with Crippen molar-refractivity contribution in [2.24, 2.45) is 0 Å². The molecule has 1 aliphatic rings. The molecule has 0 saturated carbocycles. The van der Waals surface area contributed by atoms with Crippen LogP contribution >= 0.6 is 0 Å². The Morgan fingerprint density at radius 3 is 2.77 bits per heavy atom. The lowest BCUT2D eigenvalue weighted by atomic mass is 10.1. The molecular weight excluding hydrogens is 280 g/mol. The smallest absolute Gasteiger partial charge is 0.337 e. The zero-order valence-corrected chi connectivity index (χ0v) is 12.4. The average Bonchev–Trinajstić information content (AvgIpc) is 2.55. The molecule has 0 unspecified atom stereocenters. The number of nitrogens with zero attached hydrogens (tertiary/aromatic N) is 1. The molecule has 2 aromatic rings. The van der Waals surface area contributed by atoms with Crippen molar-refractivity contribution in [2.75, 3.05) is 30.9 Å². The topological polar surface area (TPSA) is 64.8 Å². The van der Waals surface area contributed by atoms with Crippen LogP contribution in [0, 0.1) is 0 Å². The van der Waals surface area contributed by atoms with Crippen LogP contribution in [0.3, 0.4) is 0 Å². The van der Waals surface area contributed by atoms with E-state index in [2.05, 4.69) is 4.90 Å². The Kier molecular flexibility index (Phi) is 3.87. The molecule has 0 saturated heterocycles. The van der Waals surface area contributed by atoms with Gasteiger partial charge in [-0.15, -0.1) is 0 Å². The molecule has 0 atom stereocenters. The summed E-state index contributed by atoms with van der Waals surface area (Å²) in [5.74, 6) is 0.530. The minimum atomic E-state index is -0.323. The van der Waals surface area contributed by atoms with Crippen LogP contribution in [0.4, 0.5) is 11.4 Å². The van der Waals surface area contributed by atoms with E-state index in [1.165, 1.54) is 7.11 Å². The van der Waals surface area contributed by atoms with Gasteiger partial charge in [-0.1, -0.05) is 12.1 Å². The van der Waals surface area contributed by atoms with Crippen molar-refractivity contribution in [1.82, 2.24) is 0 Å². The van der Waals surface area contributed by atoms with Crippen molar-refractivity contribution in [3.05, 3.63) is 53.6 Å². The third kappa shape index (κ3) is 2.83. The van der Waals surface area contributed by atoms with Crippen LogP contribution in [0.1, 0.15) is 15.9 Å². The molecule has 1 heterocycles. The summed E-state index contributed by atoms with van der Waals surface area (Å²) in [6.07, 6.45) is 0. The molecule has 5 heteroatoms. The monoisotopic (exact) mass is 298 g/mol. The second-order valence-corrected chi connectivity index (χ2v) is 5.19. The third-order valence-corrected chi connectivity index (χ3v) is 3.69. The van der Waals surface area contributed by atoms with Gasteiger partial charge in [0.1, 0.15) is 12.4 Å². The lowest BCUT2D eigenvalue weighted by molar-refractivity contribution is 0.0600. The zero-order valence-electron chi connectivity index (χ0n) is 12.4. The van der Waals surface area contributed by atoms with E-state index in [0.717, 1.165) is 35.8 Å². The van der Waals surface area contributed by atoms with E-state index >= 15 is 0 Å². The van der Waals surface area contributed by atoms with Crippen molar-refractivity contribution in [2.45, 2.75) is 6.54 Å². The number of rotatable bonds is 3. The van der Waals surface area contributed by atoms with Gasteiger partial charge < -0.3 is 20.1 Å². The number of benzene rings is 2. The molecule has 0 bridgehead atoms. The number of esters is 1. The molecule has 0 aliphatic carbocycles. The Morgan fingerprint density at radius 1 is 1.27 bits per heavy atom. The molecule has 2 N–H and O–H groups in total. The van der Waals surface area contributed by atoms with Gasteiger partial charge in [0, 0.05) is 12.2 Å². The van der Waals surface area contributed by atoms with Crippen LogP contribution < -0.4 is 15.4 Å². The summed E-state index contributed by atoms with van der Waals surface area (Å²) >= 11 is 0. The van der Waals surface area contributed by atoms with Gasteiger partial charge in [-0.05, 0) is 35.9 Å².